The van der Waals surface area contributed by atoms with Gasteiger partial charge in [-0.15, -0.1) is 0 Å². The molecule has 0 radical (unpaired) electrons. The normalized spacial score (nSPS) is 11.2. The minimum atomic E-state index is 1.08. The lowest BCUT2D eigenvalue weighted by atomic mass is 10.0. The van der Waals surface area contributed by atoms with Gasteiger partial charge in [0.15, 0.2) is 0 Å². The number of benzene rings is 10. The molecular formula is C63H47N3. The molecule has 1 aromatic heterocycles. The van der Waals surface area contributed by atoms with E-state index in [9.17, 15) is 0 Å². The van der Waals surface area contributed by atoms with E-state index in [4.69, 9.17) is 0 Å². The van der Waals surface area contributed by atoms with Crippen LogP contribution < -0.4 is 9.80 Å². The second-order valence-corrected chi connectivity index (χ2v) is 16.7. The fraction of sp³-hybridized carbons (Fsp3) is 0.0159. The summed E-state index contributed by atoms with van der Waals surface area (Å²) < 4.78 is 2.36. The Kier molecular flexibility index (Phi) is 10.6. The Morgan fingerprint density at radius 2 is 0.803 bits per heavy atom. The van der Waals surface area contributed by atoms with Crippen LogP contribution in [0, 0.1) is 0 Å². The summed E-state index contributed by atoms with van der Waals surface area (Å²) in [4.78, 5) is 4.61. The maximum atomic E-state index is 3.92. The van der Waals surface area contributed by atoms with Crippen molar-refractivity contribution in [2.45, 2.75) is 0 Å². The summed E-state index contributed by atoms with van der Waals surface area (Å²) in [6, 6.07) is 89.6. The molecule has 0 bridgehead atoms. The topological polar surface area (TPSA) is 11.4 Å². The highest BCUT2D eigenvalue weighted by Crippen LogP contribution is 2.40. The third kappa shape index (κ3) is 7.63. The number of anilines is 5. The first-order chi connectivity index (χ1) is 32.6. The Morgan fingerprint density at radius 3 is 1.38 bits per heavy atom. The van der Waals surface area contributed by atoms with E-state index in [0.29, 0.717) is 0 Å². The van der Waals surface area contributed by atoms with Crippen molar-refractivity contribution in [3.8, 4) is 50.2 Å². The van der Waals surface area contributed by atoms with Crippen LogP contribution in [0.4, 0.5) is 28.4 Å². The quantitative estimate of drug-likeness (QED) is 0.128. The molecule has 66 heavy (non-hydrogen) atoms. The molecule has 3 nitrogen and oxygen atoms in total. The molecule has 0 aliphatic rings. The molecule has 0 aliphatic heterocycles. The fourth-order valence-electron chi connectivity index (χ4n) is 9.32. The minimum absolute atomic E-state index is 1.08. The molecule has 11 rings (SSSR count). The van der Waals surface area contributed by atoms with Gasteiger partial charge < -0.3 is 14.4 Å². The molecular weight excluding hydrogens is 799 g/mol. The maximum absolute atomic E-state index is 3.92. The third-order valence-corrected chi connectivity index (χ3v) is 12.8. The van der Waals surface area contributed by atoms with Crippen molar-refractivity contribution in [3.63, 3.8) is 0 Å². The van der Waals surface area contributed by atoms with Crippen molar-refractivity contribution in [1.82, 2.24) is 4.57 Å². The number of para-hydroxylation sites is 3. The highest BCUT2D eigenvalue weighted by molar-refractivity contribution is 6.10. The summed E-state index contributed by atoms with van der Waals surface area (Å²) in [6.45, 7) is 3.92. The molecule has 0 unspecified atom stereocenters. The summed E-state index contributed by atoms with van der Waals surface area (Å²) in [5, 5.41) is 2.49. The molecule has 11 aromatic rings. The second kappa shape index (κ2) is 17.5. The van der Waals surface area contributed by atoms with E-state index >= 15 is 0 Å². The zero-order valence-electron chi connectivity index (χ0n) is 36.8. The van der Waals surface area contributed by atoms with Crippen LogP contribution in [0.2, 0.25) is 0 Å². The van der Waals surface area contributed by atoms with Crippen molar-refractivity contribution < 1.29 is 0 Å². The monoisotopic (exact) mass is 845 g/mol. The summed E-state index contributed by atoms with van der Waals surface area (Å²) in [7, 11) is 2.14. The van der Waals surface area contributed by atoms with Gasteiger partial charge in [0.05, 0.1) is 11.0 Å². The van der Waals surface area contributed by atoms with E-state index in [1.807, 2.05) is 6.08 Å². The zero-order chi connectivity index (χ0) is 44.4. The number of fused-ring (bicyclic) bond motifs is 3. The molecule has 3 heteroatoms. The van der Waals surface area contributed by atoms with Crippen molar-refractivity contribution in [2.75, 3.05) is 16.8 Å². The van der Waals surface area contributed by atoms with Crippen molar-refractivity contribution in [2.24, 2.45) is 0 Å². The van der Waals surface area contributed by atoms with Crippen LogP contribution in [0.1, 0.15) is 5.56 Å². The van der Waals surface area contributed by atoms with Gasteiger partial charge in [-0.3, -0.25) is 0 Å². The summed E-state index contributed by atoms with van der Waals surface area (Å²) in [5.74, 6) is 0. The maximum Gasteiger partial charge on any atom is 0.0541 e. The lowest BCUT2D eigenvalue weighted by molar-refractivity contribution is 1.18. The lowest BCUT2D eigenvalue weighted by Gasteiger charge is -2.26. The van der Waals surface area contributed by atoms with E-state index in [0.717, 1.165) is 39.6 Å². The van der Waals surface area contributed by atoms with Gasteiger partial charge in [-0.05, 0) is 129 Å². The molecule has 0 saturated carbocycles. The largest absolute Gasteiger partial charge is 0.344 e. The highest BCUT2D eigenvalue weighted by atomic mass is 15.1. The van der Waals surface area contributed by atoms with Crippen LogP contribution in [0.15, 0.2) is 255 Å². The summed E-state index contributed by atoms with van der Waals surface area (Å²) in [5.41, 5.74) is 19.7. The molecule has 0 amide bonds. The van der Waals surface area contributed by atoms with Crippen LogP contribution in [0.5, 0.6) is 0 Å². The van der Waals surface area contributed by atoms with Gasteiger partial charge in [0.2, 0.25) is 0 Å². The van der Waals surface area contributed by atoms with Gasteiger partial charge in [-0.2, -0.15) is 0 Å². The predicted octanol–water partition coefficient (Wildman–Crippen LogP) is 17.3. The van der Waals surface area contributed by atoms with Crippen LogP contribution in [-0.2, 0) is 0 Å². The first-order valence-electron chi connectivity index (χ1n) is 22.5. The second-order valence-electron chi connectivity index (χ2n) is 16.7. The van der Waals surface area contributed by atoms with Crippen LogP contribution in [0.25, 0.3) is 78.1 Å². The number of nitrogens with zero attached hydrogens (tertiary/aromatic N) is 3. The van der Waals surface area contributed by atoms with Crippen molar-refractivity contribution in [1.29, 1.82) is 0 Å². The van der Waals surface area contributed by atoms with Gasteiger partial charge in [-0.25, -0.2) is 0 Å². The van der Waals surface area contributed by atoms with Crippen molar-refractivity contribution >= 4 is 56.3 Å². The van der Waals surface area contributed by atoms with Gasteiger partial charge in [0.25, 0.3) is 0 Å². The Bertz CT molecular complexity index is 3440. The fourth-order valence-corrected chi connectivity index (χ4v) is 9.32. The van der Waals surface area contributed by atoms with E-state index in [1.54, 1.807) is 0 Å². The van der Waals surface area contributed by atoms with E-state index in [-0.39, 0.29) is 0 Å². The lowest BCUT2D eigenvalue weighted by Crippen LogP contribution is -2.10. The van der Waals surface area contributed by atoms with Gasteiger partial charge >= 0.3 is 0 Å². The van der Waals surface area contributed by atoms with Crippen LogP contribution in [0.3, 0.4) is 0 Å². The molecule has 314 valence electrons. The van der Waals surface area contributed by atoms with E-state index in [1.165, 1.54) is 66.4 Å². The average molecular weight is 846 g/mol. The number of rotatable bonds is 11. The molecule has 0 spiro atoms. The van der Waals surface area contributed by atoms with Gasteiger partial charge in [-0.1, -0.05) is 176 Å². The minimum Gasteiger partial charge on any atom is -0.344 e. The number of hydrogen-bond donors (Lipinski definition) is 0. The molecule has 10 aromatic carbocycles. The van der Waals surface area contributed by atoms with E-state index < -0.39 is 0 Å². The SMILES string of the molecule is C=Cc1ccc(-c2ccc(N(c3ccc(-c4ccc(N(C)c5ccccc5-c5ccccc5)cc4)cc3)c3ccc(-c4ccc5c(c4)c4ccccc4n5-c4ccccc4)cc3)cc2)cc1. The first kappa shape index (κ1) is 40.1. The third-order valence-electron chi connectivity index (χ3n) is 12.8. The molecule has 0 aliphatic carbocycles. The average Bonchev–Trinajstić information content (AvgIpc) is 3.73. The zero-order valence-corrected chi connectivity index (χ0v) is 36.8. The molecule has 0 N–H and O–H groups in total. The standard InChI is InChI=1S/C63H47N3/c1-3-45-22-24-46(25-23-45)48-28-37-55(38-29-48)65(56-39-30-49(31-40-56)47-26-35-53(36-27-47)64(2)61-20-12-10-18-58(61)51-14-6-4-7-15-51)57-41-32-50(33-42-57)52-34-43-63-60(44-52)59-19-11-13-21-62(59)66(63)54-16-8-5-9-17-54/h3-44H,1H2,2H3. The molecule has 0 atom stereocenters. The highest BCUT2D eigenvalue weighted by Gasteiger charge is 2.17. The van der Waals surface area contributed by atoms with Gasteiger partial charge in [0, 0.05) is 57.5 Å². The summed E-state index contributed by atoms with van der Waals surface area (Å²) >= 11 is 0. The van der Waals surface area contributed by atoms with Gasteiger partial charge in [0.1, 0.15) is 0 Å². The number of hydrogen-bond acceptors (Lipinski definition) is 2. The smallest absolute Gasteiger partial charge is 0.0541 e. The Balaban J connectivity index is 0.913. The Labute approximate surface area is 387 Å². The van der Waals surface area contributed by atoms with Crippen LogP contribution in [-0.4, -0.2) is 11.6 Å². The van der Waals surface area contributed by atoms with E-state index in [2.05, 4.69) is 277 Å². The van der Waals surface area contributed by atoms with Crippen molar-refractivity contribution in [3.05, 3.63) is 261 Å². The Morgan fingerprint density at radius 1 is 0.364 bits per heavy atom. The first-order valence-corrected chi connectivity index (χ1v) is 22.5. The molecule has 0 saturated heterocycles. The Hall–Kier alpha value is -8.66. The molecule has 0 fully saturated rings. The van der Waals surface area contributed by atoms with Crippen LogP contribution >= 0.6 is 0 Å². The summed E-state index contributed by atoms with van der Waals surface area (Å²) in [6.07, 6.45) is 1.88. The predicted molar refractivity (Wildman–Crippen MR) is 282 cm³/mol. The number of aromatic nitrogens is 1. The molecule has 1 heterocycles.